The van der Waals surface area contributed by atoms with Crippen LogP contribution in [0.4, 0.5) is 0 Å². The number of nitrogens with one attached hydrogen (secondary N) is 1. The fraction of sp³-hybridized carbons (Fsp3) is 0.478. The molecule has 1 N–H and O–H groups in total. The molecule has 1 saturated heterocycles. The fourth-order valence-corrected chi connectivity index (χ4v) is 5.53. The van der Waals surface area contributed by atoms with Gasteiger partial charge in [-0.25, -0.2) is 0 Å². The molecule has 1 fully saturated rings. The standard InChI is InChI=1S/C23H28N2.ClH/c1-2-3-6-16-9-12-19-20-15-24-14-13-22(20)25-21-8-5-4-7-17(21)10-11-18(16)23(19)25;/h2-4,7,10,13,15-16,19,21,24H,5-6,8-9,11-12,14H2,1H3;1H/b3-2+;. The molecule has 26 heavy (non-hydrogen) atoms. The predicted octanol–water partition coefficient (Wildman–Crippen LogP) is 5.39. The van der Waals surface area contributed by atoms with Gasteiger partial charge in [0.1, 0.15) is 0 Å². The summed E-state index contributed by atoms with van der Waals surface area (Å²) in [5.74, 6) is 1.34. The monoisotopic (exact) mass is 368 g/mol. The molecule has 0 radical (unpaired) electrons. The Balaban J connectivity index is 0.00000168. The first kappa shape index (κ1) is 17.7. The molecule has 3 aliphatic heterocycles. The highest BCUT2D eigenvalue weighted by Crippen LogP contribution is 2.54. The smallest absolute Gasteiger partial charge is 0.0588 e. The third-order valence-electron chi connectivity index (χ3n) is 6.64. The first-order chi connectivity index (χ1) is 12.4. The average molecular weight is 369 g/mol. The summed E-state index contributed by atoms with van der Waals surface area (Å²) in [5.41, 5.74) is 8.01. The minimum Gasteiger partial charge on any atom is -0.387 e. The number of halogens is 1. The molecule has 3 heteroatoms. The van der Waals surface area contributed by atoms with Crippen molar-refractivity contribution < 1.29 is 0 Å². The third-order valence-corrected chi connectivity index (χ3v) is 6.64. The molecule has 3 unspecified atom stereocenters. The number of dihydropyridines is 1. The largest absolute Gasteiger partial charge is 0.387 e. The highest BCUT2D eigenvalue weighted by atomic mass is 35.5. The Morgan fingerprint density at radius 1 is 1.23 bits per heavy atom. The SMILES string of the molecule is C/C=C/CC1CCC2C3=CNCC=C3N3C2=C1CC=C1C=CCCC13.Cl. The molecular weight excluding hydrogens is 340 g/mol. The zero-order chi connectivity index (χ0) is 16.8. The molecule has 138 valence electrons. The van der Waals surface area contributed by atoms with Crippen molar-refractivity contribution in [3.63, 3.8) is 0 Å². The predicted molar refractivity (Wildman–Crippen MR) is 111 cm³/mol. The van der Waals surface area contributed by atoms with Gasteiger partial charge in [-0.3, -0.25) is 0 Å². The molecule has 0 aromatic rings. The number of hydrogen-bond donors (Lipinski definition) is 1. The summed E-state index contributed by atoms with van der Waals surface area (Å²) in [7, 11) is 0. The van der Waals surface area contributed by atoms with E-state index in [4.69, 9.17) is 0 Å². The molecule has 5 aliphatic rings. The quantitative estimate of drug-likeness (QED) is 0.657. The van der Waals surface area contributed by atoms with E-state index in [0.29, 0.717) is 12.0 Å². The lowest BCUT2D eigenvalue weighted by Gasteiger charge is -2.37. The second-order valence-electron chi connectivity index (χ2n) is 7.91. The van der Waals surface area contributed by atoms with Crippen molar-refractivity contribution in [3.8, 4) is 0 Å². The molecule has 0 aromatic heterocycles. The van der Waals surface area contributed by atoms with Crippen LogP contribution in [0, 0.1) is 11.8 Å². The first-order valence-electron chi connectivity index (χ1n) is 10.0. The molecule has 0 amide bonds. The van der Waals surface area contributed by atoms with E-state index in [9.17, 15) is 0 Å². The van der Waals surface area contributed by atoms with E-state index < -0.39 is 0 Å². The molecule has 0 bridgehead atoms. The van der Waals surface area contributed by atoms with Gasteiger partial charge in [0.05, 0.1) is 6.04 Å². The Morgan fingerprint density at radius 2 is 2.15 bits per heavy atom. The van der Waals surface area contributed by atoms with Gasteiger partial charge in [-0.15, -0.1) is 12.4 Å². The van der Waals surface area contributed by atoms with Crippen molar-refractivity contribution >= 4 is 12.4 Å². The Labute approximate surface area is 163 Å². The summed E-state index contributed by atoms with van der Waals surface area (Å²) in [6, 6.07) is 0.552. The highest BCUT2D eigenvalue weighted by Gasteiger charge is 2.46. The van der Waals surface area contributed by atoms with Crippen LogP contribution in [-0.4, -0.2) is 17.5 Å². The van der Waals surface area contributed by atoms with Crippen molar-refractivity contribution in [2.45, 2.75) is 51.5 Å². The molecule has 0 aromatic carbocycles. The lowest BCUT2D eigenvalue weighted by molar-refractivity contribution is 0.320. The zero-order valence-electron chi connectivity index (χ0n) is 15.6. The average Bonchev–Trinajstić information content (AvgIpc) is 2.88. The molecule has 2 nitrogen and oxygen atoms in total. The molecule has 2 aliphatic carbocycles. The van der Waals surface area contributed by atoms with Gasteiger partial charge in [-0.1, -0.05) is 30.4 Å². The number of allylic oxidation sites excluding steroid dienone is 7. The zero-order valence-corrected chi connectivity index (χ0v) is 16.4. The number of rotatable bonds is 2. The second kappa shape index (κ2) is 7.15. The van der Waals surface area contributed by atoms with Gasteiger partial charge in [-0.2, -0.15) is 0 Å². The maximum Gasteiger partial charge on any atom is 0.0588 e. The Kier molecular flexibility index (Phi) is 4.88. The minimum atomic E-state index is 0. The normalized spacial score (nSPS) is 31.8. The van der Waals surface area contributed by atoms with Crippen LogP contribution >= 0.6 is 12.4 Å². The van der Waals surface area contributed by atoms with Gasteiger partial charge >= 0.3 is 0 Å². The summed E-state index contributed by atoms with van der Waals surface area (Å²) in [5, 5.41) is 3.47. The van der Waals surface area contributed by atoms with Crippen molar-refractivity contribution in [1.82, 2.24) is 10.2 Å². The van der Waals surface area contributed by atoms with Crippen molar-refractivity contribution in [3.05, 3.63) is 70.8 Å². The molecular formula is C23H29ClN2. The van der Waals surface area contributed by atoms with Crippen LogP contribution in [0.25, 0.3) is 0 Å². The van der Waals surface area contributed by atoms with Gasteiger partial charge in [0, 0.05) is 35.6 Å². The fourth-order valence-electron chi connectivity index (χ4n) is 5.53. The molecule has 3 atom stereocenters. The number of nitrogens with zero attached hydrogens (tertiary/aromatic N) is 1. The maximum atomic E-state index is 3.47. The molecule has 3 heterocycles. The van der Waals surface area contributed by atoms with E-state index in [1.807, 2.05) is 0 Å². The van der Waals surface area contributed by atoms with E-state index >= 15 is 0 Å². The van der Waals surface area contributed by atoms with Crippen LogP contribution < -0.4 is 5.32 Å². The Hall–Kier alpha value is -1.67. The van der Waals surface area contributed by atoms with Crippen LogP contribution in [0.5, 0.6) is 0 Å². The Morgan fingerprint density at radius 3 is 3.04 bits per heavy atom. The van der Waals surface area contributed by atoms with Crippen molar-refractivity contribution in [2.75, 3.05) is 6.54 Å². The van der Waals surface area contributed by atoms with E-state index in [1.54, 1.807) is 22.4 Å². The summed E-state index contributed by atoms with van der Waals surface area (Å²) in [4.78, 5) is 2.76. The van der Waals surface area contributed by atoms with Gasteiger partial charge in [0.25, 0.3) is 0 Å². The van der Waals surface area contributed by atoms with Crippen molar-refractivity contribution in [1.29, 1.82) is 0 Å². The Bertz CT molecular complexity index is 765. The summed E-state index contributed by atoms with van der Waals surface area (Å²) in [6.07, 6.45) is 24.1. The number of hydrogen-bond acceptors (Lipinski definition) is 2. The molecule has 5 rings (SSSR count). The first-order valence-corrected chi connectivity index (χ1v) is 10.0. The van der Waals surface area contributed by atoms with Gasteiger partial charge < -0.3 is 10.2 Å². The lowest BCUT2D eigenvalue weighted by Crippen LogP contribution is -2.35. The molecule has 0 saturated carbocycles. The highest BCUT2D eigenvalue weighted by molar-refractivity contribution is 5.85. The topological polar surface area (TPSA) is 15.3 Å². The van der Waals surface area contributed by atoms with Crippen LogP contribution in [0.15, 0.2) is 70.8 Å². The van der Waals surface area contributed by atoms with Gasteiger partial charge in [0.2, 0.25) is 0 Å². The van der Waals surface area contributed by atoms with Crippen LogP contribution in [-0.2, 0) is 0 Å². The van der Waals surface area contributed by atoms with Crippen molar-refractivity contribution in [2.24, 2.45) is 11.8 Å². The van der Waals surface area contributed by atoms with Gasteiger partial charge in [-0.05, 0) is 68.6 Å². The van der Waals surface area contributed by atoms with E-state index in [0.717, 1.165) is 18.9 Å². The third kappa shape index (κ3) is 2.62. The van der Waals surface area contributed by atoms with Crippen LogP contribution in [0.2, 0.25) is 0 Å². The summed E-state index contributed by atoms with van der Waals surface area (Å²) in [6.45, 7) is 3.11. The van der Waals surface area contributed by atoms with E-state index in [2.05, 4.69) is 59.8 Å². The lowest BCUT2D eigenvalue weighted by atomic mass is 9.76. The van der Waals surface area contributed by atoms with Crippen LogP contribution in [0.3, 0.4) is 0 Å². The van der Waals surface area contributed by atoms with E-state index in [1.165, 1.54) is 37.8 Å². The second-order valence-corrected chi connectivity index (χ2v) is 7.91. The summed E-state index contributed by atoms with van der Waals surface area (Å²) < 4.78 is 0. The maximum absolute atomic E-state index is 3.47. The summed E-state index contributed by atoms with van der Waals surface area (Å²) >= 11 is 0. The minimum absolute atomic E-state index is 0. The van der Waals surface area contributed by atoms with E-state index in [-0.39, 0.29) is 12.4 Å². The number of fused-ring (bicyclic) bond motifs is 5. The van der Waals surface area contributed by atoms with Crippen LogP contribution in [0.1, 0.15) is 45.4 Å². The molecule has 0 spiro atoms. The van der Waals surface area contributed by atoms with Gasteiger partial charge in [0.15, 0.2) is 0 Å².